The van der Waals surface area contributed by atoms with Gasteiger partial charge in [-0.05, 0) is 50.3 Å². The van der Waals surface area contributed by atoms with Crippen LogP contribution in [0, 0.1) is 0 Å². The molecule has 0 aliphatic heterocycles. The van der Waals surface area contributed by atoms with Crippen molar-refractivity contribution in [1.29, 1.82) is 0 Å². The number of amides is 1. The first-order valence-corrected chi connectivity index (χ1v) is 13.2. The summed E-state index contributed by atoms with van der Waals surface area (Å²) in [5, 5.41) is 0.495. The summed E-state index contributed by atoms with van der Waals surface area (Å²) in [5.74, 6) is -0.344. The minimum Gasteiger partial charge on any atom is -0.494 e. The third-order valence-electron chi connectivity index (χ3n) is 5.14. The number of likely N-dealkylation sites (N-methyl/N-ethyl adjacent to an activating group) is 1. The number of hydrogen-bond acceptors (Lipinski definition) is 7. The Hall–Kier alpha value is -2.20. The number of nitrogens with zero attached hydrogens (tertiary/aromatic N) is 3. The van der Waals surface area contributed by atoms with Crippen molar-refractivity contribution in [2.75, 3.05) is 43.4 Å². The molecule has 7 nitrogen and oxygen atoms in total. The van der Waals surface area contributed by atoms with E-state index in [-0.39, 0.29) is 17.3 Å². The lowest BCUT2D eigenvalue weighted by atomic mass is 10.3. The van der Waals surface area contributed by atoms with Gasteiger partial charge in [0.25, 0.3) is 0 Å². The van der Waals surface area contributed by atoms with E-state index in [9.17, 15) is 13.2 Å². The zero-order chi connectivity index (χ0) is 23.1. The van der Waals surface area contributed by atoms with Crippen LogP contribution in [0.2, 0.25) is 0 Å². The fourth-order valence-corrected chi connectivity index (χ4v) is 5.58. The maximum Gasteiger partial charge on any atom is 0.244 e. The highest BCUT2D eigenvalue weighted by Gasteiger charge is 2.26. The Labute approximate surface area is 205 Å². The molecule has 0 saturated carbocycles. The number of benzene rings is 2. The van der Waals surface area contributed by atoms with E-state index < -0.39 is 21.5 Å². The molecule has 0 atom stereocenters. The van der Waals surface area contributed by atoms with Gasteiger partial charge >= 0.3 is 0 Å². The lowest BCUT2D eigenvalue weighted by Gasteiger charge is -2.24. The summed E-state index contributed by atoms with van der Waals surface area (Å²) in [6, 6.07) is 13.7. The van der Waals surface area contributed by atoms with E-state index in [1.54, 1.807) is 18.2 Å². The highest BCUT2D eigenvalue weighted by Crippen LogP contribution is 2.32. The van der Waals surface area contributed by atoms with Gasteiger partial charge in [0.05, 0.1) is 21.7 Å². The second kappa shape index (κ2) is 12.3. The first-order chi connectivity index (χ1) is 15.4. The van der Waals surface area contributed by atoms with E-state index in [0.29, 0.717) is 24.8 Å². The molecule has 3 rings (SSSR count). The smallest absolute Gasteiger partial charge is 0.244 e. The largest absolute Gasteiger partial charge is 0.494 e. The molecule has 180 valence electrons. The van der Waals surface area contributed by atoms with Crippen LogP contribution in [0.25, 0.3) is 10.2 Å². The topological polar surface area (TPSA) is 79.8 Å². The van der Waals surface area contributed by atoms with Crippen LogP contribution >= 0.6 is 23.7 Å². The Morgan fingerprint density at radius 3 is 2.36 bits per heavy atom. The second-order valence-electron chi connectivity index (χ2n) is 7.20. The van der Waals surface area contributed by atoms with Crippen molar-refractivity contribution < 1.29 is 17.9 Å². The molecule has 0 fully saturated rings. The van der Waals surface area contributed by atoms with E-state index in [0.717, 1.165) is 29.1 Å². The minimum absolute atomic E-state index is 0. The Morgan fingerprint density at radius 1 is 1.03 bits per heavy atom. The number of ether oxygens (including phenoxy) is 1. The molecule has 0 spiro atoms. The number of fused-ring (bicyclic) bond motifs is 1. The molecule has 3 aromatic rings. The summed E-state index contributed by atoms with van der Waals surface area (Å²) in [4.78, 5) is 21.7. The molecule has 0 unspecified atom stereocenters. The molecule has 10 heteroatoms. The van der Waals surface area contributed by atoms with Gasteiger partial charge in [0.15, 0.2) is 15.0 Å². The van der Waals surface area contributed by atoms with E-state index in [1.165, 1.54) is 28.4 Å². The summed E-state index contributed by atoms with van der Waals surface area (Å²) < 4.78 is 32.1. The number of carbonyl (C=O) groups is 1. The normalized spacial score (nSPS) is 11.4. The zero-order valence-corrected chi connectivity index (χ0v) is 21.5. The van der Waals surface area contributed by atoms with Gasteiger partial charge in [0.1, 0.15) is 11.5 Å². The average Bonchev–Trinajstić information content (AvgIpc) is 3.20. The van der Waals surface area contributed by atoms with Gasteiger partial charge < -0.3 is 9.64 Å². The highest BCUT2D eigenvalue weighted by molar-refractivity contribution is 7.92. The Balaban J connectivity index is 0.00000385. The molecule has 0 aliphatic carbocycles. The molecule has 33 heavy (non-hydrogen) atoms. The van der Waals surface area contributed by atoms with Gasteiger partial charge in [-0.1, -0.05) is 43.4 Å². The molecule has 0 saturated heterocycles. The van der Waals surface area contributed by atoms with Crippen LogP contribution in [0.15, 0.2) is 53.4 Å². The number of thiazole rings is 1. The monoisotopic (exact) mass is 511 g/mol. The summed E-state index contributed by atoms with van der Waals surface area (Å²) in [5.41, 5.74) is 0.750. The van der Waals surface area contributed by atoms with E-state index in [2.05, 4.69) is 23.7 Å². The summed E-state index contributed by atoms with van der Waals surface area (Å²) >= 11 is 1.36. The van der Waals surface area contributed by atoms with Crippen molar-refractivity contribution in [3.8, 4) is 5.75 Å². The predicted octanol–water partition coefficient (Wildman–Crippen LogP) is 4.27. The van der Waals surface area contributed by atoms with Crippen LogP contribution in [0.3, 0.4) is 0 Å². The highest BCUT2D eigenvalue weighted by atomic mass is 35.5. The maximum absolute atomic E-state index is 13.2. The van der Waals surface area contributed by atoms with Crippen LogP contribution in [0.4, 0.5) is 5.13 Å². The molecule has 0 radical (unpaired) electrons. The molecule has 1 aromatic heterocycles. The van der Waals surface area contributed by atoms with Crippen LogP contribution in [-0.2, 0) is 14.6 Å². The summed E-state index contributed by atoms with van der Waals surface area (Å²) in [7, 11) is -3.75. The third-order valence-corrected chi connectivity index (χ3v) is 7.80. The predicted molar refractivity (Wildman–Crippen MR) is 137 cm³/mol. The van der Waals surface area contributed by atoms with Gasteiger partial charge in [-0.25, -0.2) is 13.4 Å². The Morgan fingerprint density at radius 2 is 1.73 bits per heavy atom. The Kier molecular flexibility index (Phi) is 10.1. The molecule has 0 aliphatic rings. The zero-order valence-electron chi connectivity index (χ0n) is 19.1. The van der Waals surface area contributed by atoms with Gasteiger partial charge in [0, 0.05) is 13.1 Å². The van der Waals surface area contributed by atoms with E-state index in [1.807, 2.05) is 25.1 Å². The number of aromatic nitrogens is 1. The number of halogens is 1. The lowest BCUT2D eigenvalue weighted by molar-refractivity contribution is -0.116. The van der Waals surface area contributed by atoms with Crippen molar-refractivity contribution in [3.05, 3.63) is 48.5 Å². The van der Waals surface area contributed by atoms with Crippen LogP contribution in [0.5, 0.6) is 5.75 Å². The number of rotatable bonds is 11. The lowest BCUT2D eigenvalue weighted by Crippen LogP contribution is -2.41. The van der Waals surface area contributed by atoms with E-state index >= 15 is 0 Å². The van der Waals surface area contributed by atoms with E-state index in [4.69, 9.17) is 4.74 Å². The quantitative estimate of drug-likeness (QED) is 0.382. The van der Waals surface area contributed by atoms with Gasteiger partial charge in [-0.3, -0.25) is 9.69 Å². The van der Waals surface area contributed by atoms with Crippen LogP contribution in [-0.4, -0.2) is 62.7 Å². The Bertz CT molecular complexity index is 1150. The molecular weight excluding hydrogens is 482 g/mol. The van der Waals surface area contributed by atoms with Gasteiger partial charge in [-0.15, -0.1) is 12.4 Å². The summed E-state index contributed by atoms with van der Waals surface area (Å²) in [6.07, 6.45) is 0. The van der Waals surface area contributed by atoms with Crippen LogP contribution in [0.1, 0.15) is 20.8 Å². The van der Waals surface area contributed by atoms with Gasteiger partial charge in [-0.2, -0.15) is 0 Å². The molecular formula is C23H30ClN3O4S2. The first-order valence-electron chi connectivity index (χ1n) is 10.7. The summed E-state index contributed by atoms with van der Waals surface area (Å²) in [6.45, 7) is 9.28. The minimum atomic E-state index is -3.75. The fourth-order valence-electron chi connectivity index (χ4n) is 3.32. The molecule has 1 amide bonds. The second-order valence-corrected chi connectivity index (χ2v) is 10.2. The fraction of sp³-hybridized carbons (Fsp3) is 0.391. The number of anilines is 1. The third kappa shape index (κ3) is 6.89. The van der Waals surface area contributed by atoms with Gasteiger partial charge in [0.2, 0.25) is 5.91 Å². The van der Waals surface area contributed by atoms with Crippen molar-refractivity contribution in [2.24, 2.45) is 0 Å². The number of hydrogen-bond donors (Lipinski definition) is 0. The molecule has 0 bridgehead atoms. The van der Waals surface area contributed by atoms with Crippen molar-refractivity contribution >= 4 is 54.8 Å². The average molecular weight is 512 g/mol. The molecule has 2 aromatic carbocycles. The number of carbonyl (C=O) groups excluding carboxylic acids is 1. The molecule has 0 N–H and O–H groups in total. The van der Waals surface area contributed by atoms with Crippen LogP contribution < -0.4 is 9.64 Å². The number of sulfone groups is 1. The van der Waals surface area contributed by atoms with Crippen molar-refractivity contribution in [2.45, 2.75) is 25.7 Å². The standard InChI is InChI=1S/C23H29N3O4S2.ClH/c1-4-25(5-2)14-15-26(22(27)17-32(28,29)19-10-8-7-9-11-19)23-24-20-13-12-18(30-6-3)16-21(20)31-23;/h7-13,16H,4-6,14-15,17H2,1-3H3;1H. The van der Waals surface area contributed by atoms with Crippen molar-refractivity contribution in [3.63, 3.8) is 0 Å². The first kappa shape index (κ1) is 27.0. The molecule has 1 heterocycles. The maximum atomic E-state index is 13.2. The SMILES string of the molecule is CCOc1ccc2nc(N(CCN(CC)CC)C(=O)CS(=O)(=O)c3ccccc3)sc2c1.Cl. The van der Waals surface area contributed by atoms with Crippen molar-refractivity contribution in [1.82, 2.24) is 9.88 Å².